The highest BCUT2D eigenvalue weighted by atomic mass is 35.5. The van der Waals surface area contributed by atoms with Gasteiger partial charge < -0.3 is 20.3 Å². The van der Waals surface area contributed by atoms with Crippen LogP contribution in [0, 0.1) is 11.8 Å². The second kappa shape index (κ2) is 11.0. The highest BCUT2D eigenvalue weighted by Gasteiger charge is 2.27. The SMILES string of the molecule is CC(=O)N1CCC[C@H](C(=O)Nc2cc(-c3cccc(NCC4CCOCC4)c3)c(Cl)cn2)C1. The monoisotopic (exact) mass is 470 g/mol. The number of amides is 2. The van der Waals surface area contributed by atoms with Crippen LogP contribution in [0.5, 0.6) is 0 Å². The quantitative estimate of drug-likeness (QED) is 0.652. The predicted octanol–water partition coefficient (Wildman–Crippen LogP) is 4.44. The Bertz CT molecular complexity index is 993. The largest absolute Gasteiger partial charge is 0.385 e. The van der Waals surface area contributed by atoms with Crippen molar-refractivity contribution in [2.75, 3.05) is 43.5 Å². The third kappa shape index (κ3) is 6.24. The van der Waals surface area contributed by atoms with Crippen molar-refractivity contribution in [1.82, 2.24) is 9.88 Å². The molecule has 2 aliphatic rings. The van der Waals surface area contributed by atoms with Gasteiger partial charge in [0.05, 0.1) is 10.9 Å². The molecule has 2 N–H and O–H groups in total. The van der Waals surface area contributed by atoms with Crippen LogP contribution in [0.4, 0.5) is 11.5 Å². The molecule has 2 saturated heterocycles. The highest BCUT2D eigenvalue weighted by molar-refractivity contribution is 6.33. The van der Waals surface area contributed by atoms with E-state index in [4.69, 9.17) is 16.3 Å². The Morgan fingerprint density at radius 3 is 2.82 bits per heavy atom. The Kier molecular flexibility index (Phi) is 7.83. The van der Waals surface area contributed by atoms with Gasteiger partial charge in [0.2, 0.25) is 11.8 Å². The van der Waals surface area contributed by atoms with E-state index in [-0.39, 0.29) is 17.7 Å². The minimum Gasteiger partial charge on any atom is -0.385 e. The van der Waals surface area contributed by atoms with Crippen molar-refractivity contribution in [3.8, 4) is 11.1 Å². The Hall–Kier alpha value is -2.64. The molecule has 0 spiro atoms. The molecule has 3 heterocycles. The zero-order valence-corrected chi connectivity index (χ0v) is 19.7. The lowest BCUT2D eigenvalue weighted by Gasteiger charge is -2.31. The minimum absolute atomic E-state index is 0.00437. The molecule has 0 saturated carbocycles. The second-order valence-electron chi connectivity index (χ2n) is 8.86. The van der Waals surface area contributed by atoms with Crippen molar-refractivity contribution in [2.45, 2.75) is 32.6 Å². The van der Waals surface area contributed by atoms with Crippen LogP contribution in [0.1, 0.15) is 32.6 Å². The van der Waals surface area contributed by atoms with Crippen LogP contribution in [0.25, 0.3) is 11.1 Å². The molecule has 8 heteroatoms. The lowest BCUT2D eigenvalue weighted by Crippen LogP contribution is -2.42. The molecule has 0 aliphatic carbocycles. The van der Waals surface area contributed by atoms with Crippen molar-refractivity contribution >= 4 is 34.9 Å². The van der Waals surface area contributed by atoms with Crippen LogP contribution in [-0.4, -0.2) is 54.5 Å². The number of anilines is 2. The summed E-state index contributed by atoms with van der Waals surface area (Å²) in [5.41, 5.74) is 2.80. The second-order valence-corrected chi connectivity index (χ2v) is 9.27. The van der Waals surface area contributed by atoms with E-state index in [1.165, 1.54) is 0 Å². The first-order valence-corrected chi connectivity index (χ1v) is 12.0. The van der Waals surface area contributed by atoms with Gasteiger partial charge in [-0.2, -0.15) is 0 Å². The number of nitrogens with zero attached hydrogens (tertiary/aromatic N) is 2. The van der Waals surface area contributed by atoms with Gasteiger partial charge in [-0.25, -0.2) is 4.98 Å². The maximum Gasteiger partial charge on any atom is 0.230 e. The Balaban J connectivity index is 1.43. The van der Waals surface area contributed by atoms with Crippen LogP contribution in [0.15, 0.2) is 36.5 Å². The summed E-state index contributed by atoms with van der Waals surface area (Å²) in [6.45, 7) is 5.28. The van der Waals surface area contributed by atoms with Crippen molar-refractivity contribution in [3.05, 3.63) is 41.6 Å². The number of hydrogen-bond donors (Lipinski definition) is 2. The summed E-state index contributed by atoms with van der Waals surface area (Å²) >= 11 is 6.47. The summed E-state index contributed by atoms with van der Waals surface area (Å²) in [7, 11) is 0. The molecule has 2 amide bonds. The molecule has 2 aromatic rings. The first-order chi connectivity index (χ1) is 16.0. The lowest BCUT2D eigenvalue weighted by molar-refractivity contribution is -0.132. The van der Waals surface area contributed by atoms with Crippen molar-refractivity contribution in [2.24, 2.45) is 11.8 Å². The van der Waals surface area contributed by atoms with Crippen molar-refractivity contribution in [1.29, 1.82) is 0 Å². The van der Waals surface area contributed by atoms with Crippen molar-refractivity contribution < 1.29 is 14.3 Å². The van der Waals surface area contributed by atoms with E-state index >= 15 is 0 Å². The first-order valence-electron chi connectivity index (χ1n) is 11.6. The molecule has 0 bridgehead atoms. The number of benzene rings is 1. The number of piperidine rings is 1. The molecule has 1 aromatic carbocycles. The van der Waals surface area contributed by atoms with Gasteiger partial charge in [0.25, 0.3) is 0 Å². The van der Waals surface area contributed by atoms with E-state index in [0.29, 0.717) is 29.8 Å². The molecule has 2 aliphatic heterocycles. The van der Waals surface area contributed by atoms with E-state index in [1.807, 2.05) is 24.3 Å². The fourth-order valence-electron chi connectivity index (χ4n) is 4.44. The number of rotatable bonds is 6. The first kappa shape index (κ1) is 23.5. The van der Waals surface area contributed by atoms with E-state index in [9.17, 15) is 9.59 Å². The van der Waals surface area contributed by atoms with Crippen LogP contribution >= 0.6 is 11.6 Å². The number of carbonyl (C=O) groups excluding carboxylic acids is 2. The number of carbonyl (C=O) groups is 2. The fourth-order valence-corrected chi connectivity index (χ4v) is 4.66. The molecule has 7 nitrogen and oxygen atoms in total. The third-order valence-corrected chi connectivity index (χ3v) is 6.75. The fraction of sp³-hybridized carbons (Fsp3) is 0.480. The normalized spacial score (nSPS) is 19.2. The van der Waals surface area contributed by atoms with Gasteiger partial charge >= 0.3 is 0 Å². The molecule has 33 heavy (non-hydrogen) atoms. The predicted molar refractivity (Wildman–Crippen MR) is 130 cm³/mol. The van der Waals surface area contributed by atoms with E-state index in [1.54, 1.807) is 18.0 Å². The maximum atomic E-state index is 12.8. The molecule has 176 valence electrons. The minimum atomic E-state index is -0.235. The van der Waals surface area contributed by atoms with E-state index < -0.39 is 0 Å². The molecule has 0 radical (unpaired) electrons. The maximum absolute atomic E-state index is 12.8. The summed E-state index contributed by atoms with van der Waals surface area (Å²) in [4.78, 5) is 30.5. The molecule has 4 rings (SSSR count). The Morgan fingerprint density at radius 1 is 1.21 bits per heavy atom. The number of ether oxygens (including phenoxy) is 1. The van der Waals surface area contributed by atoms with Crippen molar-refractivity contribution in [3.63, 3.8) is 0 Å². The summed E-state index contributed by atoms with van der Waals surface area (Å²) < 4.78 is 5.44. The van der Waals surface area contributed by atoms with Crippen LogP contribution < -0.4 is 10.6 Å². The summed E-state index contributed by atoms with van der Waals surface area (Å²) in [6, 6.07) is 9.92. The zero-order valence-electron chi connectivity index (χ0n) is 19.0. The molecule has 0 unspecified atom stereocenters. The van der Waals surface area contributed by atoms with Gasteiger partial charge in [-0.15, -0.1) is 0 Å². The van der Waals surface area contributed by atoms with Crippen LogP contribution in [0.2, 0.25) is 5.02 Å². The Labute approximate surface area is 199 Å². The van der Waals surface area contributed by atoms with Gasteiger partial charge in [0.15, 0.2) is 0 Å². The molecular weight excluding hydrogens is 440 g/mol. The van der Waals surface area contributed by atoms with Gasteiger partial charge in [-0.3, -0.25) is 9.59 Å². The average Bonchev–Trinajstić information content (AvgIpc) is 2.85. The zero-order chi connectivity index (χ0) is 23.2. The summed E-state index contributed by atoms with van der Waals surface area (Å²) in [5, 5.41) is 6.97. The molecule has 2 fully saturated rings. The third-order valence-electron chi connectivity index (χ3n) is 6.45. The Morgan fingerprint density at radius 2 is 2.03 bits per heavy atom. The van der Waals surface area contributed by atoms with Gasteiger partial charge in [0, 0.05) is 57.2 Å². The van der Waals surface area contributed by atoms with Gasteiger partial charge in [-0.05, 0) is 55.4 Å². The lowest BCUT2D eigenvalue weighted by atomic mass is 9.97. The smallest absolute Gasteiger partial charge is 0.230 e. The number of hydrogen-bond acceptors (Lipinski definition) is 5. The average molecular weight is 471 g/mol. The van der Waals surface area contributed by atoms with Crippen LogP contribution in [0.3, 0.4) is 0 Å². The summed E-state index contributed by atoms with van der Waals surface area (Å²) in [6.07, 6.45) is 5.31. The molecule has 1 aromatic heterocycles. The summed E-state index contributed by atoms with van der Waals surface area (Å²) in [5.74, 6) is 0.729. The number of pyridine rings is 1. The topological polar surface area (TPSA) is 83.6 Å². The van der Waals surface area contributed by atoms with Gasteiger partial charge in [-0.1, -0.05) is 23.7 Å². The number of likely N-dealkylation sites (tertiary alicyclic amines) is 1. The highest BCUT2D eigenvalue weighted by Crippen LogP contribution is 2.31. The van der Waals surface area contributed by atoms with E-state index in [2.05, 4.69) is 21.7 Å². The molecule has 1 atom stereocenters. The standard InChI is InChI=1S/C25H31ClN4O3/c1-17(31)30-9-3-5-20(16-30)25(32)29-24-13-22(23(26)15-28-24)19-4-2-6-21(12-19)27-14-18-7-10-33-11-8-18/h2,4,6,12-13,15,18,20,27H,3,5,7-11,14,16H2,1H3,(H,28,29,32)/t20-/m0/s1. The number of halogens is 1. The number of aromatic nitrogens is 1. The van der Waals surface area contributed by atoms with Gasteiger partial charge in [0.1, 0.15) is 5.82 Å². The number of nitrogens with one attached hydrogen (secondary N) is 2. The van der Waals surface area contributed by atoms with Crippen LogP contribution in [-0.2, 0) is 14.3 Å². The van der Waals surface area contributed by atoms with E-state index in [0.717, 1.165) is 62.3 Å². The molecular formula is C25H31ClN4O3.